The highest BCUT2D eigenvalue weighted by molar-refractivity contribution is 6.19. The van der Waals surface area contributed by atoms with Gasteiger partial charge in [-0.3, -0.25) is 0 Å². The molecule has 0 saturated heterocycles. The summed E-state index contributed by atoms with van der Waals surface area (Å²) in [5, 5.41) is 4.71. The SMILES string of the molecule is c1cccc(-c2ccccc2-c2oc(-c3ccc4c(c3)oc3ccc5ccccc5c34)c3c2CCC=C3)c#1. The van der Waals surface area contributed by atoms with Gasteiger partial charge in [0.05, 0.1) is 0 Å². The van der Waals surface area contributed by atoms with Crippen molar-refractivity contribution in [2.75, 3.05) is 0 Å². The molecule has 0 fully saturated rings. The highest BCUT2D eigenvalue weighted by atomic mass is 16.3. The van der Waals surface area contributed by atoms with E-state index in [2.05, 4.69) is 109 Å². The van der Waals surface area contributed by atoms with E-state index in [4.69, 9.17) is 8.83 Å². The molecule has 2 heterocycles. The van der Waals surface area contributed by atoms with Crippen LogP contribution in [0.25, 0.3) is 72.6 Å². The number of fused-ring (bicyclic) bond motifs is 6. The summed E-state index contributed by atoms with van der Waals surface area (Å²) in [5.41, 5.74) is 8.40. The van der Waals surface area contributed by atoms with E-state index >= 15 is 0 Å². The van der Waals surface area contributed by atoms with Crippen LogP contribution in [0.4, 0.5) is 0 Å². The molecular formula is C36H22O2. The smallest absolute Gasteiger partial charge is 0.142 e. The molecule has 0 aliphatic heterocycles. The molecule has 1 aliphatic carbocycles. The van der Waals surface area contributed by atoms with Crippen LogP contribution in [0.1, 0.15) is 17.5 Å². The van der Waals surface area contributed by atoms with Crippen LogP contribution < -0.4 is 0 Å². The predicted octanol–water partition coefficient (Wildman–Crippen LogP) is 9.89. The fraction of sp³-hybridized carbons (Fsp3) is 0.0556. The number of hydrogen-bond donors (Lipinski definition) is 0. The highest BCUT2D eigenvalue weighted by Gasteiger charge is 2.24. The zero-order valence-electron chi connectivity index (χ0n) is 20.6. The molecule has 0 bridgehead atoms. The Hall–Kier alpha value is -5.00. The lowest BCUT2D eigenvalue weighted by molar-refractivity contribution is 0.594. The van der Waals surface area contributed by atoms with E-state index in [1.807, 2.05) is 12.1 Å². The first-order valence-corrected chi connectivity index (χ1v) is 13.0. The van der Waals surface area contributed by atoms with Crippen LogP contribution in [0, 0.1) is 12.1 Å². The molecule has 178 valence electrons. The van der Waals surface area contributed by atoms with Gasteiger partial charge in [0.2, 0.25) is 0 Å². The third-order valence-corrected chi connectivity index (χ3v) is 7.63. The molecule has 2 heteroatoms. The average molecular weight is 487 g/mol. The van der Waals surface area contributed by atoms with Crippen molar-refractivity contribution in [1.82, 2.24) is 0 Å². The minimum absolute atomic E-state index is 0.871. The number of furan rings is 2. The summed E-state index contributed by atoms with van der Waals surface area (Å²) >= 11 is 0. The first kappa shape index (κ1) is 21.1. The Balaban J connectivity index is 1.33. The molecule has 2 nitrogen and oxygen atoms in total. The number of rotatable bonds is 3. The second-order valence-corrected chi connectivity index (χ2v) is 9.82. The summed E-state index contributed by atoms with van der Waals surface area (Å²) in [6, 6.07) is 39.9. The fourth-order valence-electron chi connectivity index (χ4n) is 5.88. The van der Waals surface area contributed by atoms with Gasteiger partial charge < -0.3 is 8.83 Å². The Morgan fingerprint density at radius 1 is 0.684 bits per heavy atom. The number of allylic oxidation sites excluding steroid dienone is 1. The molecule has 8 rings (SSSR count). The van der Waals surface area contributed by atoms with Crippen molar-refractivity contribution in [3.63, 3.8) is 0 Å². The van der Waals surface area contributed by atoms with Crippen molar-refractivity contribution in [3.05, 3.63) is 126 Å². The van der Waals surface area contributed by atoms with Crippen LogP contribution in [0.2, 0.25) is 0 Å². The second-order valence-electron chi connectivity index (χ2n) is 9.82. The lowest BCUT2D eigenvalue weighted by Gasteiger charge is -2.10. The molecule has 38 heavy (non-hydrogen) atoms. The van der Waals surface area contributed by atoms with Crippen LogP contribution >= 0.6 is 0 Å². The van der Waals surface area contributed by atoms with Gasteiger partial charge in [0.25, 0.3) is 0 Å². The van der Waals surface area contributed by atoms with Gasteiger partial charge in [0.1, 0.15) is 22.7 Å². The van der Waals surface area contributed by atoms with Gasteiger partial charge in [-0.05, 0) is 53.9 Å². The summed E-state index contributed by atoms with van der Waals surface area (Å²) in [5.74, 6) is 1.82. The molecule has 0 N–H and O–H groups in total. The van der Waals surface area contributed by atoms with Gasteiger partial charge in [-0.15, -0.1) is 0 Å². The zero-order valence-corrected chi connectivity index (χ0v) is 20.6. The maximum Gasteiger partial charge on any atom is 0.142 e. The quantitative estimate of drug-likeness (QED) is 0.248. The van der Waals surface area contributed by atoms with Crippen molar-refractivity contribution >= 4 is 38.8 Å². The zero-order chi connectivity index (χ0) is 25.1. The van der Waals surface area contributed by atoms with Gasteiger partial charge >= 0.3 is 0 Å². The third-order valence-electron chi connectivity index (χ3n) is 7.63. The summed E-state index contributed by atoms with van der Waals surface area (Å²) in [6.45, 7) is 0. The van der Waals surface area contributed by atoms with Gasteiger partial charge in [0.15, 0.2) is 0 Å². The van der Waals surface area contributed by atoms with E-state index in [0.29, 0.717) is 0 Å². The summed E-state index contributed by atoms with van der Waals surface area (Å²) in [6.07, 6.45) is 6.40. The van der Waals surface area contributed by atoms with E-state index in [-0.39, 0.29) is 0 Å². The predicted molar refractivity (Wildman–Crippen MR) is 155 cm³/mol. The molecule has 5 aromatic carbocycles. The maximum absolute atomic E-state index is 6.78. The largest absolute Gasteiger partial charge is 0.456 e. The van der Waals surface area contributed by atoms with Gasteiger partial charge in [-0.1, -0.05) is 91.0 Å². The number of hydrogen-bond acceptors (Lipinski definition) is 2. The minimum Gasteiger partial charge on any atom is -0.456 e. The second kappa shape index (κ2) is 8.26. The Kier molecular flexibility index (Phi) is 4.59. The molecule has 0 amide bonds. The molecule has 0 radical (unpaired) electrons. The fourth-order valence-corrected chi connectivity index (χ4v) is 5.88. The van der Waals surface area contributed by atoms with Crippen molar-refractivity contribution in [2.45, 2.75) is 12.8 Å². The van der Waals surface area contributed by atoms with Crippen LogP contribution in [-0.2, 0) is 6.42 Å². The maximum atomic E-state index is 6.78. The standard InChI is InChI=1S/C36H22O2/c1-2-10-23(11-3-1)26-13-6-7-15-28(26)36-30-17-9-8-16-29(30)35(38-36)25-18-20-31-33(22-25)37-32-21-19-24-12-4-5-14-27(24)34(31)32/h1-2,4-8,10,12-16,18-22H,9,17H2. The van der Waals surface area contributed by atoms with Crippen molar-refractivity contribution in [3.8, 4) is 33.8 Å². The van der Waals surface area contributed by atoms with Crippen LogP contribution in [0.15, 0.2) is 112 Å². The van der Waals surface area contributed by atoms with Crippen LogP contribution in [0.5, 0.6) is 0 Å². The number of benzene rings is 4. The average Bonchev–Trinajstić information content (AvgIpc) is 3.56. The topological polar surface area (TPSA) is 26.3 Å². The van der Waals surface area contributed by atoms with E-state index in [0.717, 1.165) is 74.1 Å². The van der Waals surface area contributed by atoms with E-state index in [1.165, 1.54) is 16.3 Å². The lowest BCUT2D eigenvalue weighted by atomic mass is 9.91. The molecule has 0 saturated carbocycles. The van der Waals surface area contributed by atoms with E-state index in [9.17, 15) is 0 Å². The van der Waals surface area contributed by atoms with E-state index < -0.39 is 0 Å². The minimum atomic E-state index is 0.871. The van der Waals surface area contributed by atoms with Gasteiger partial charge in [-0.25, -0.2) is 0 Å². The van der Waals surface area contributed by atoms with E-state index in [1.54, 1.807) is 0 Å². The molecular weight excluding hydrogens is 464 g/mol. The van der Waals surface area contributed by atoms with Gasteiger partial charge in [0, 0.05) is 44.2 Å². The van der Waals surface area contributed by atoms with Crippen molar-refractivity contribution in [1.29, 1.82) is 0 Å². The lowest BCUT2D eigenvalue weighted by Crippen LogP contribution is -1.94. The van der Waals surface area contributed by atoms with Crippen LogP contribution in [-0.4, -0.2) is 0 Å². The molecule has 0 unspecified atom stereocenters. The molecule has 7 aromatic rings. The van der Waals surface area contributed by atoms with Crippen molar-refractivity contribution in [2.24, 2.45) is 0 Å². The Labute approximate surface area is 220 Å². The summed E-state index contributed by atoms with van der Waals surface area (Å²) in [4.78, 5) is 0. The Morgan fingerprint density at radius 2 is 1.58 bits per heavy atom. The highest BCUT2D eigenvalue weighted by Crippen LogP contribution is 2.44. The van der Waals surface area contributed by atoms with Crippen LogP contribution in [0.3, 0.4) is 0 Å². The third kappa shape index (κ3) is 3.16. The molecule has 1 aliphatic rings. The summed E-state index contributed by atoms with van der Waals surface area (Å²) in [7, 11) is 0. The Morgan fingerprint density at radius 3 is 2.50 bits per heavy atom. The first-order valence-electron chi connectivity index (χ1n) is 13.0. The van der Waals surface area contributed by atoms with Crippen molar-refractivity contribution < 1.29 is 8.83 Å². The first-order chi connectivity index (χ1) is 18.8. The molecule has 0 atom stereocenters. The van der Waals surface area contributed by atoms with Gasteiger partial charge in [-0.2, -0.15) is 0 Å². The summed E-state index contributed by atoms with van der Waals surface area (Å²) < 4.78 is 13.1. The normalized spacial score (nSPS) is 12.7. The molecule has 0 spiro atoms. The Bertz CT molecular complexity index is 2020. The monoisotopic (exact) mass is 486 g/mol. The molecule has 2 aromatic heterocycles.